The predicted octanol–water partition coefficient (Wildman–Crippen LogP) is 1.50. The van der Waals surface area contributed by atoms with Crippen LogP contribution in [0.25, 0.3) is 0 Å². The van der Waals surface area contributed by atoms with Crippen molar-refractivity contribution in [1.29, 1.82) is 0 Å². The summed E-state index contributed by atoms with van der Waals surface area (Å²) in [5.41, 5.74) is 0. The predicted molar refractivity (Wildman–Crippen MR) is 56.4 cm³/mol. The molecule has 1 saturated carbocycles. The van der Waals surface area contributed by atoms with Crippen molar-refractivity contribution in [3.8, 4) is 0 Å². The lowest BCUT2D eigenvalue weighted by molar-refractivity contribution is -0.143. The zero-order valence-electron chi connectivity index (χ0n) is 9.40. The van der Waals surface area contributed by atoms with Gasteiger partial charge in [-0.2, -0.15) is 0 Å². The Bertz CT molecular complexity index is 244. The van der Waals surface area contributed by atoms with Crippen LogP contribution in [0.5, 0.6) is 0 Å². The van der Waals surface area contributed by atoms with Crippen LogP contribution < -0.4 is 0 Å². The van der Waals surface area contributed by atoms with Crippen LogP contribution in [0.3, 0.4) is 0 Å². The number of nitrogens with zero attached hydrogens (tertiary/aromatic N) is 1. The Morgan fingerprint density at radius 2 is 1.80 bits per heavy atom. The molecular formula is C11H19NO3. The number of carboxylic acid groups (broad SMARTS) is 1. The topological polar surface area (TPSA) is 57.6 Å². The highest BCUT2D eigenvalue weighted by Crippen LogP contribution is 2.27. The van der Waals surface area contributed by atoms with E-state index in [2.05, 4.69) is 0 Å². The maximum Gasteiger partial charge on any atom is 0.306 e. The highest BCUT2D eigenvalue weighted by molar-refractivity contribution is 5.76. The third kappa shape index (κ3) is 2.94. The summed E-state index contributed by atoms with van der Waals surface area (Å²) in [6.45, 7) is 1.85. The van der Waals surface area contributed by atoms with E-state index in [0.29, 0.717) is 19.3 Å². The first kappa shape index (κ1) is 12.0. The summed E-state index contributed by atoms with van der Waals surface area (Å²) in [5.74, 6) is -0.752. The first-order valence-electron chi connectivity index (χ1n) is 5.54. The Hall–Kier alpha value is -1.06. The molecule has 0 radical (unpaired) electrons. The van der Waals surface area contributed by atoms with E-state index in [1.165, 1.54) is 0 Å². The van der Waals surface area contributed by atoms with Crippen LogP contribution in [0.4, 0.5) is 0 Å². The molecule has 1 rings (SSSR count). The number of carbonyl (C=O) groups excluding carboxylic acids is 1. The van der Waals surface area contributed by atoms with Crippen LogP contribution in [-0.4, -0.2) is 35.0 Å². The quantitative estimate of drug-likeness (QED) is 0.772. The minimum absolute atomic E-state index is 0.147. The number of amides is 1. The van der Waals surface area contributed by atoms with E-state index in [4.69, 9.17) is 5.11 Å². The van der Waals surface area contributed by atoms with Crippen molar-refractivity contribution in [2.45, 2.75) is 45.1 Å². The van der Waals surface area contributed by atoms with E-state index in [1.807, 2.05) is 14.0 Å². The van der Waals surface area contributed by atoms with Crippen LogP contribution in [-0.2, 0) is 9.59 Å². The van der Waals surface area contributed by atoms with Gasteiger partial charge in [0, 0.05) is 19.5 Å². The highest BCUT2D eigenvalue weighted by atomic mass is 16.4. The molecule has 86 valence electrons. The fraction of sp³-hybridized carbons (Fsp3) is 0.818. The first-order valence-corrected chi connectivity index (χ1v) is 5.54. The Kier molecular flexibility index (Phi) is 4.12. The van der Waals surface area contributed by atoms with Gasteiger partial charge < -0.3 is 10.0 Å². The molecule has 0 bridgehead atoms. The van der Waals surface area contributed by atoms with Crippen LogP contribution in [0, 0.1) is 5.92 Å². The van der Waals surface area contributed by atoms with Crippen LogP contribution >= 0.6 is 0 Å². The van der Waals surface area contributed by atoms with Crippen molar-refractivity contribution in [3.63, 3.8) is 0 Å². The van der Waals surface area contributed by atoms with Gasteiger partial charge in [-0.1, -0.05) is 6.92 Å². The number of aliphatic carboxylic acids is 1. The first-order chi connectivity index (χ1) is 7.06. The number of carboxylic acids is 1. The monoisotopic (exact) mass is 213 g/mol. The van der Waals surface area contributed by atoms with E-state index in [1.54, 1.807) is 4.90 Å². The summed E-state index contributed by atoms with van der Waals surface area (Å²) in [5, 5.41) is 8.84. The van der Waals surface area contributed by atoms with Gasteiger partial charge in [0.25, 0.3) is 0 Å². The third-order valence-corrected chi connectivity index (χ3v) is 3.29. The van der Waals surface area contributed by atoms with Crippen LogP contribution in [0.1, 0.15) is 39.0 Å². The molecule has 4 nitrogen and oxygen atoms in total. The molecule has 0 aromatic heterocycles. The molecule has 1 fully saturated rings. The van der Waals surface area contributed by atoms with Gasteiger partial charge in [0.1, 0.15) is 0 Å². The molecule has 0 aliphatic heterocycles. The Labute approximate surface area is 90.3 Å². The zero-order valence-corrected chi connectivity index (χ0v) is 9.40. The summed E-state index contributed by atoms with van der Waals surface area (Å²) in [6, 6.07) is 0.244. The summed E-state index contributed by atoms with van der Waals surface area (Å²) in [6.07, 6.45) is 3.55. The van der Waals surface area contributed by atoms with Gasteiger partial charge in [-0.25, -0.2) is 0 Å². The third-order valence-electron chi connectivity index (χ3n) is 3.29. The van der Waals surface area contributed by atoms with Crippen LogP contribution in [0.15, 0.2) is 0 Å². The number of carbonyl (C=O) groups is 2. The summed E-state index contributed by atoms with van der Waals surface area (Å²) in [7, 11) is 1.82. The van der Waals surface area contributed by atoms with Crippen LogP contribution in [0.2, 0.25) is 0 Å². The van der Waals surface area contributed by atoms with E-state index in [-0.39, 0.29) is 17.9 Å². The van der Waals surface area contributed by atoms with Crippen molar-refractivity contribution in [2.75, 3.05) is 7.05 Å². The Morgan fingerprint density at radius 3 is 2.20 bits per heavy atom. The molecule has 1 N–H and O–H groups in total. The molecule has 1 aliphatic rings. The molecule has 0 aromatic carbocycles. The second-order valence-corrected chi connectivity index (χ2v) is 4.20. The van der Waals surface area contributed by atoms with Gasteiger partial charge in [0.15, 0.2) is 0 Å². The SMILES string of the molecule is CCC(=O)N(C)C1CCC(C(=O)O)CC1. The number of rotatable bonds is 3. The van der Waals surface area contributed by atoms with E-state index in [0.717, 1.165) is 12.8 Å². The van der Waals surface area contributed by atoms with Gasteiger partial charge in [-0.3, -0.25) is 9.59 Å². The van der Waals surface area contributed by atoms with Crippen molar-refractivity contribution < 1.29 is 14.7 Å². The summed E-state index contributed by atoms with van der Waals surface area (Å²) in [4.78, 5) is 24.0. The van der Waals surface area contributed by atoms with Gasteiger partial charge in [0.2, 0.25) is 5.91 Å². The molecule has 1 amide bonds. The molecule has 15 heavy (non-hydrogen) atoms. The van der Waals surface area contributed by atoms with E-state index >= 15 is 0 Å². The minimum Gasteiger partial charge on any atom is -0.481 e. The fourth-order valence-electron chi connectivity index (χ4n) is 2.16. The van der Waals surface area contributed by atoms with E-state index < -0.39 is 5.97 Å². The average Bonchev–Trinajstić information content (AvgIpc) is 2.27. The fourth-order valence-corrected chi connectivity index (χ4v) is 2.16. The smallest absolute Gasteiger partial charge is 0.306 e. The molecule has 0 saturated heterocycles. The second-order valence-electron chi connectivity index (χ2n) is 4.20. The normalized spacial score (nSPS) is 26.0. The molecule has 0 heterocycles. The largest absolute Gasteiger partial charge is 0.481 e. The molecule has 0 unspecified atom stereocenters. The van der Waals surface area contributed by atoms with Gasteiger partial charge >= 0.3 is 5.97 Å². The van der Waals surface area contributed by atoms with Crippen molar-refractivity contribution >= 4 is 11.9 Å². The minimum atomic E-state index is -0.696. The maximum atomic E-state index is 11.4. The van der Waals surface area contributed by atoms with E-state index in [9.17, 15) is 9.59 Å². The standard InChI is InChI=1S/C11H19NO3/c1-3-10(13)12(2)9-6-4-8(5-7-9)11(14)15/h8-9H,3-7H2,1-2H3,(H,14,15). The lowest BCUT2D eigenvalue weighted by atomic mass is 9.85. The van der Waals surface area contributed by atoms with Gasteiger partial charge in [-0.15, -0.1) is 0 Å². The molecule has 0 atom stereocenters. The Balaban J connectivity index is 2.43. The molecule has 4 heteroatoms. The average molecular weight is 213 g/mol. The summed E-state index contributed by atoms with van der Waals surface area (Å²) >= 11 is 0. The van der Waals surface area contributed by atoms with Gasteiger partial charge in [-0.05, 0) is 25.7 Å². The molecule has 0 spiro atoms. The highest BCUT2D eigenvalue weighted by Gasteiger charge is 2.29. The lowest BCUT2D eigenvalue weighted by Gasteiger charge is -2.33. The zero-order chi connectivity index (χ0) is 11.4. The molecule has 0 aromatic rings. The lowest BCUT2D eigenvalue weighted by Crippen LogP contribution is -2.40. The number of hydrogen-bond donors (Lipinski definition) is 1. The van der Waals surface area contributed by atoms with Crippen molar-refractivity contribution in [3.05, 3.63) is 0 Å². The molecular weight excluding hydrogens is 194 g/mol. The Morgan fingerprint density at radius 1 is 1.27 bits per heavy atom. The van der Waals surface area contributed by atoms with Gasteiger partial charge in [0.05, 0.1) is 5.92 Å². The number of hydrogen-bond acceptors (Lipinski definition) is 2. The van der Waals surface area contributed by atoms with Crippen molar-refractivity contribution in [1.82, 2.24) is 4.90 Å². The van der Waals surface area contributed by atoms with Crippen molar-refractivity contribution in [2.24, 2.45) is 5.92 Å². The second kappa shape index (κ2) is 5.14. The maximum absolute atomic E-state index is 11.4. The summed E-state index contributed by atoms with van der Waals surface area (Å²) < 4.78 is 0. The molecule has 1 aliphatic carbocycles.